The molecule has 1 heterocycles. The highest BCUT2D eigenvalue weighted by Gasteiger charge is 2.05. The topological polar surface area (TPSA) is 71.5 Å². The van der Waals surface area contributed by atoms with Crippen molar-refractivity contribution in [3.63, 3.8) is 0 Å². The van der Waals surface area contributed by atoms with E-state index in [0.29, 0.717) is 24.0 Å². The van der Waals surface area contributed by atoms with E-state index in [0.717, 1.165) is 30.9 Å². The smallest absolute Gasteiger partial charge is 0.224 e. The van der Waals surface area contributed by atoms with Gasteiger partial charge in [-0.15, -0.1) is 0 Å². The van der Waals surface area contributed by atoms with Crippen LogP contribution in [0.4, 0.5) is 11.8 Å². The molecular formula is C18H27N5O2. The van der Waals surface area contributed by atoms with Crippen LogP contribution in [0.15, 0.2) is 30.5 Å². The molecule has 7 nitrogen and oxygen atoms in total. The van der Waals surface area contributed by atoms with Crippen LogP contribution in [0.5, 0.6) is 11.5 Å². The van der Waals surface area contributed by atoms with Crippen LogP contribution in [0.2, 0.25) is 0 Å². The molecule has 0 bridgehead atoms. The van der Waals surface area contributed by atoms with Crippen molar-refractivity contribution in [2.24, 2.45) is 0 Å². The maximum atomic E-state index is 5.32. The molecule has 136 valence electrons. The van der Waals surface area contributed by atoms with E-state index in [1.165, 1.54) is 0 Å². The fourth-order valence-corrected chi connectivity index (χ4v) is 2.33. The van der Waals surface area contributed by atoms with E-state index in [9.17, 15) is 0 Å². The first-order valence-corrected chi connectivity index (χ1v) is 8.29. The molecule has 2 aromatic rings. The Kier molecular flexibility index (Phi) is 7.28. The molecule has 0 saturated heterocycles. The van der Waals surface area contributed by atoms with Gasteiger partial charge in [0, 0.05) is 19.3 Å². The monoisotopic (exact) mass is 345 g/mol. The lowest BCUT2D eigenvalue weighted by Gasteiger charge is -2.12. The molecule has 0 aliphatic heterocycles. The van der Waals surface area contributed by atoms with Gasteiger partial charge in [-0.3, -0.25) is 0 Å². The predicted molar refractivity (Wildman–Crippen MR) is 101 cm³/mol. The summed E-state index contributed by atoms with van der Waals surface area (Å²) in [5.74, 6) is 2.83. The van der Waals surface area contributed by atoms with Crippen LogP contribution in [0, 0.1) is 0 Å². The summed E-state index contributed by atoms with van der Waals surface area (Å²) in [5, 5.41) is 6.55. The average molecular weight is 345 g/mol. The Balaban J connectivity index is 1.89. The third-order valence-corrected chi connectivity index (χ3v) is 3.64. The van der Waals surface area contributed by atoms with Crippen molar-refractivity contribution < 1.29 is 9.47 Å². The summed E-state index contributed by atoms with van der Waals surface area (Å²) in [6.07, 6.45) is 2.81. The van der Waals surface area contributed by atoms with Gasteiger partial charge in [-0.1, -0.05) is 6.07 Å². The third-order valence-electron chi connectivity index (χ3n) is 3.64. The molecule has 0 atom stereocenters. The second-order valence-corrected chi connectivity index (χ2v) is 5.89. The Morgan fingerprint density at radius 3 is 2.56 bits per heavy atom. The highest BCUT2D eigenvalue weighted by molar-refractivity contribution is 5.44. The first-order chi connectivity index (χ1) is 12.1. The molecule has 0 unspecified atom stereocenters. The van der Waals surface area contributed by atoms with E-state index >= 15 is 0 Å². The molecule has 0 aliphatic rings. The average Bonchev–Trinajstić information content (AvgIpc) is 2.63. The molecule has 1 aromatic carbocycles. The minimum Gasteiger partial charge on any atom is -0.493 e. The van der Waals surface area contributed by atoms with Gasteiger partial charge in [-0.25, -0.2) is 4.98 Å². The lowest BCUT2D eigenvalue weighted by Crippen LogP contribution is -2.16. The highest BCUT2D eigenvalue weighted by atomic mass is 16.5. The van der Waals surface area contributed by atoms with E-state index in [4.69, 9.17) is 9.47 Å². The number of hydrogen-bond acceptors (Lipinski definition) is 7. The maximum Gasteiger partial charge on any atom is 0.224 e. The molecule has 0 radical (unpaired) electrons. The summed E-state index contributed by atoms with van der Waals surface area (Å²) in [7, 11) is 7.39. The molecule has 0 amide bonds. The first kappa shape index (κ1) is 18.8. The Bertz CT molecular complexity index is 664. The lowest BCUT2D eigenvalue weighted by atomic mass is 10.2. The van der Waals surface area contributed by atoms with Gasteiger partial charge in [0.1, 0.15) is 5.82 Å². The van der Waals surface area contributed by atoms with Gasteiger partial charge in [0.2, 0.25) is 5.95 Å². The second-order valence-electron chi connectivity index (χ2n) is 5.89. The zero-order chi connectivity index (χ0) is 18.1. The largest absolute Gasteiger partial charge is 0.493 e. The van der Waals surface area contributed by atoms with Gasteiger partial charge in [0.15, 0.2) is 11.5 Å². The van der Waals surface area contributed by atoms with E-state index in [1.807, 2.05) is 24.3 Å². The highest BCUT2D eigenvalue weighted by Crippen LogP contribution is 2.27. The summed E-state index contributed by atoms with van der Waals surface area (Å²) in [6, 6.07) is 7.68. The zero-order valence-electron chi connectivity index (χ0n) is 15.4. The van der Waals surface area contributed by atoms with Crippen molar-refractivity contribution in [3.05, 3.63) is 36.0 Å². The van der Waals surface area contributed by atoms with Crippen LogP contribution in [-0.2, 0) is 6.54 Å². The Morgan fingerprint density at radius 1 is 1.04 bits per heavy atom. The molecular weight excluding hydrogens is 318 g/mol. The van der Waals surface area contributed by atoms with Crippen molar-refractivity contribution in [1.29, 1.82) is 0 Å². The molecule has 0 fully saturated rings. The van der Waals surface area contributed by atoms with Gasteiger partial charge in [0.05, 0.1) is 14.2 Å². The quantitative estimate of drug-likeness (QED) is 0.641. The summed E-state index contributed by atoms with van der Waals surface area (Å²) >= 11 is 0. The van der Waals surface area contributed by atoms with Crippen molar-refractivity contribution in [1.82, 2.24) is 14.9 Å². The number of ether oxygens (including phenoxy) is 2. The summed E-state index contributed by atoms with van der Waals surface area (Å²) in [4.78, 5) is 10.9. The number of hydrogen-bond donors (Lipinski definition) is 2. The number of benzene rings is 1. The van der Waals surface area contributed by atoms with Gasteiger partial charge >= 0.3 is 0 Å². The van der Waals surface area contributed by atoms with E-state index < -0.39 is 0 Å². The SMILES string of the molecule is COc1ccc(CNc2nccc(NCCCN(C)C)n2)cc1OC. The molecule has 0 saturated carbocycles. The van der Waals surface area contributed by atoms with Gasteiger partial charge in [-0.2, -0.15) is 4.98 Å². The molecule has 2 rings (SSSR count). The Hall–Kier alpha value is -2.54. The Labute approximate surface area is 149 Å². The van der Waals surface area contributed by atoms with Crippen molar-refractivity contribution in [3.8, 4) is 11.5 Å². The van der Waals surface area contributed by atoms with Crippen LogP contribution in [0.3, 0.4) is 0 Å². The van der Waals surface area contributed by atoms with E-state index in [-0.39, 0.29) is 0 Å². The van der Waals surface area contributed by atoms with Crippen LogP contribution in [0.25, 0.3) is 0 Å². The van der Waals surface area contributed by atoms with Gasteiger partial charge < -0.3 is 25.0 Å². The molecule has 0 spiro atoms. The minimum atomic E-state index is 0.590. The van der Waals surface area contributed by atoms with E-state index in [1.54, 1.807) is 20.4 Å². The number of nitrogens with zero attached hydrogens (tertiary/aromatic N) is 3. The number of anilines is 2. The number of rotatable bonds is 10. The second kappa shape index (κ2) is 9.68. The summed E-state index contributed by atoms with van der Waals surface area (Å²) in [6.45, 7) is 2.53. The molecule has 1 aromatic heterocycles. The maximum absolute atomic E-state index is 5.32. The number of aromatic nitrogens is 2. The van der Waals surface area contributed by atoms with Crippen molar-refractivity contribution >= 4 is 11.8 Å². The predicted octanol–water partition coefficient (Wildman–Crippen LogP) is 2.47. The van der Waals surface area contributed by atoms with Crippen LogP contribution < -0.4 is 20.1 Å². The zero-order valence-corrected chi connectivity index (χ0v) is 15.4. The molecule has 0 aliphatic carbocycles. The summed E-state index contributed by atoms with van der Waals surface area (Å²) < 4.78 is 10.6. The lowest BCUT2D eigenvalue weighted by molar-refractivity contribution is 0.354. The van der Waals surface area contributed by atoms with Crippen LogP contribution in [-0.4, -0.2) is 56.3 Å². The fourth-order valence-electron chi connectivity index (χ4n) is 2.33. The standard InChI is InChI=1S/C18H27N5O2/c1-23(2)11-5-9-19-17-8-10-20-18(22-17)21-13-14-6-7-15(24-3)16(12-14)25-4/h6-8,10,12H,5,9,11,13H2,1-4H3,(H2,19,20,21,22). The van der Waals surface area contributed by atoms with Crippen LogP contribution in [0.1, 0.15) is 12.0 Å². The molecule has 25 heavy (non-hydrogen) atoms. The van der Waals surface area contributed by atoms with E-state index in [2.05, 4.69) is 39.6 Å². The van der Waals surface area contributed by atoms with Gasteiger partial charge in [-0.05, 0) is 50.8 Å². The fraction of sp³-hybridized carbons (Fsp3) is 0.444. The van der Waals surface area contributed by atoms with Crippen molar-refractivity contribution in [2.45, 2.75) is 13.0 Å². The van der Waals surface area contributed by atoms with Gasteiger partial charge in [0.25, 0.3) is 0 Å². The minimum absolute atomic E-state index is 0.590. The third kappa shape index (κ3) is 6.11. The number of nitrogens with one attached hydrogen (secondary N) is 2. The van der Waals surface area contributed by atoms with Crippen LogP contribution >= 0.6 is 0 Å². The molecule has 2 N–H and O–H groups in total. The Morgan fingerprint density at radius 2 is 1.84 bits per heavy atom. The van der Waals surface area contributed by atoms with Crippen molar-refractivity contribution in [2.75, 3.05) is 52.0 Å². The normalized spacial score (nSPS) is 10.6. The first-order valence-electron chi connectivity index (χ1n) is 8.29. The number of methoxy groups -OCH3 is 2. The summed E-state index contributed by atoms with van der Waals surface area (Å²) in [5.41, 5.74) is 1.06. The molecule has 7 heteroatoms.